The molecule has 1 unspecified atom stereocenters. The summed E-state index contributed by atoms with van der Waals surface area (Å²) in [5.74, 6) is 0.109. The summed E-state index contributed by atoms with van der Waals surface area (Å²) in [4.78, 5) is 25.1. The molecule has 5 nitrogen and oxygen atoms in total. The van der Waals surface area contributed by atoms with Gasteiger partial charge in [0.25, 0.3) is 0 Å². The van der Waals surface area contributed by atoms with Gasteiger partial charge in [-0.05, 0) is 33.6 Å². The summed E-state index contributed by atoms with van der Waals surface area (Å²) in [6.45, 7) is 6.08. The molecule has 0 aromatic rings. The Morgan fingerprint density at radius 2 is 2.11 bits per heavy atom. The topological polar surface area (TPSA) is 70.4 Å². The minimum Gasteiger partial charge on any atom is -0.444 e. The Hall–Kier alpha value is -1.57. The average Bonchev–Trinajstić information content (AvgIpc) is 2.71. The first kappa shape index (κ1) is 13.9. The van der Waals surface area contributed by atoms with Gasteiger partial charge in [0, 0.05) is 19.4 Å². The van der Waals surface area contributed by atoms with Crippen molar-refractivity contribution >= 4 is 11.9 Å². The predicted octanol–water partition coefficient (Wildman–Crippen LogP) is 2.26. The first-order valence-electron chi connectivity index (χ1n) is 6.70. The molecule has 0 aromatic heterocycles. The Kier molecular flexibility index (Phi) is 3.29. The van der Waals surface area contributed by atoms with E-state index < -0.39 is 11.0 Å². The van der Waals surface area contributed by atoms with E-state index in [-0.39, 0.29) is 30.8 Å². The third-order valence-corrected chi connectivity index (χ3v) is 3.77. The molecule has 1 amide bonds. The number of nitrogens with zero attached hydrogens (tertiary/aromatic N) is 2. The van der Waals surface area contributed by atoms with Crippen molar-refractivity contribution in [3.05, 3.63) is 0 Å². The molecule has 2 fully saturated rings. The highest BCUT2D eigenvalue weighted by Crippen LogP contribution is 2.46. The van der Waals surface area contributed by atoms with Gasteiger partial charge >= 0.3 is 6.09 Å². The average molecular weight is 264 g/mol. The standard InChI is InChI=1S/C14H20N2O3/c1-13(2,3)19-12(18)16-6-4-5-11(16)14(9-15)7-10(17)8-14/h11H,4-8H2,1-3H3. The van der Waals surface area contributed by atoms with Crippen LogP contribution in [0.3, 0.4) is 0 Å². The third kappa shape index (κ3) is 2.58. The molecule has 0 N–H and O–H groups in total. The normalized spacial score (nSPS) is 25.7. The second-order valence-electron chi connectivity index (χ2n) is 6.49. The number of likely N-dealkylation sites (tertiary alicyclic amines) is 1. The van der Waals surface area contributed by atoms with Gasteiger partial charge in [-0.1, -0.05) is 0 Å². The smallest absolute Gasteiger partial charge is 0.410 e. The van der Waals surface area contributed by atoms with Crippen molar-refractivity contribution < 1.29 is 14.3 Å². The second-order valence-corrected chi connectivity index (χ2v) is 6.49. The predicted molar refractivity (Wildman–Crippen MR) is 68.2 cm³/mol. The molecule has 0 aromatic carbocycles. The van der Waals surface area contributed by atoms with Crippen molar-refractivity contribution in [1.82, 2.24) is 4.90 Å². The van der Waals surface area contributed by atoms with Crippen LogP contribution >= 0.6 is 0 Å². The summed E-state index contributed by atoms with van der Waals surface area (Å²) in [7, 11) is 0. The van der Waals surface area contributed by atoms with E-state index in [9.17, 15) is 14.9 Å². The number of carbonyl (C=O) groups excluding carboxylic acids is 2. The highest BCUT2D eigenvalue weighted by molar-refractivity contribution is 5.88. The number of rotatable bonds is 1. The lowest BCUT2D eigenvalue weighted by molar-refractivity contribution is -0.132. The van der Waals surface area contributed by atoms with Gasteiger partial charge in [0.1, 0.15) is 11.4 Å². The van der Waals surface area contributed by atoms with Gasteiger partial charge < -0.3 is 9.64 Å². The minimum absolute atomic E-state index is 0.109. The maximum atomic E-state index is 12.2. The third-order valence-electron chi connectivity index (χ3n) is 3.77. The molecule has 1 aliphatic heterocycles. The minimum atomic E-state index is -0.676. The zero-order valence-corrected chi connectivity index (χ0v) is 11.7. The Labute approximate surface area is 113 Å². The van der Waals surface area contributed by atoms with Crippen molar-refractivity contribution in [3.63, 3.8) is 0 Å². The fourth-order valence-electron chi connectivity index (χ4n) is 2.92. The second kappa shape index (κ2) is 4.52. The van der Waals surface area contributed by atoms with Crippen LogP contribution in [0.5, 0.6) is 0 Å². The Balaban J connectivity index is 2.11. The van der Waals surface area contributed by atoms with Crippen LogP contribution < -0.4 is 0 Å². The van der Waals surface area contributed by atoms with E-state index in [1.165, 1.54) is 0 Å². The summed E-state index contributed by atoms with van der Waals surface area (Å²) in [6, 6.07) is 2.09. The molecule has 1 heterocycles. The number of hydrogen-bond donors (Lipinski definition) is 0. The van der Waals surface area contributed by atoms with Gasteiger partial charge in [0.2, 0.25) is 0 Å². The summed E-state index contributed by atoms with van der Waals surface area (Å²) in [5.41, 5.74) is -1.22. The molecule has 1 aliphatic carbocycles. The molecule has 1 saturated heterocycles. The number of amides is 1. The van der Waals surface area contributed by atoms with Crippen LogP contribution in [0.15, 0.2) is 0 Å². The molecule has 104 valence electrons. The van der Waals surface area contributed by atoms with E-state index in [4.69, 9.17) is 4.74 Å². The van der Waals surface area contributed by atoms with Crippen LogP contribution in [0.1, 0.15) is 46.5 Å². The van der Waals surface area contributed by atoms with Gasteiger partial charge in [-0.2, -0.15) is 5.26 Å². The van der Waals surface area contributed by atoms with Crippen LogP contribution in [-0.2, 0) is 9.53 Å². The summed E-state index contributed by atoms with van der Waals surface area (Å²) < 4.78 is 5.38. The molecule has 0 radical (unpaired) electrons. The number of nitriles is 1. The van der Waals surface area contributed by atoms with Crippen LogP contribution in [0.2, 0.25) is 0 Å². The first-order chi connectivity index (χ1) is 8.77. The molecule has 5 heteroatoms. The lowest BCUT2D eigenvalue weighted by Gasteiger charge is -2.42. The van der Waals surface area contributed by atoms with Gasteiger partial charge in [-0.25, -0.2) is 4.79 Å². The lowest BCUT2D eigenvalue weighted by Crippen LogP contribution is -2.53. The van der Waals surface area contributed by atoms with Gasteiger partial charge in [0.15, 0.2) is 0 Å². The van der Waals surface area contributed by atoms with E-state index in [0.717, 1.165) is 12.8 Å². The number of Topliss-reactive ketones (excluding diaryl/α,β-unsaturated/α-hetero) is 1. The van der Waals surface area contributed by atoms with Crippen molar-refractivity contribution in [1.29, 1.82) is 5.26 Å². The molecule has 1 saturated carbocycles. The van der Waals surface area contributed by atoms with Crippen molar-refractivity contribution in [2.24, 2.45) is 5.41 Å². The van der Waals surface area contributed by atoms with Crippen LogP contribution in [-0.4, -0.2) is 35.0 Å². The van der Waals surface area contributed by atoms with Crippen LogP contribution in [0.25, 0.3) is 0 Å². The Morgan fingerprint density at radius 1 is 1.47 bits per heavy atom. The maximum absolute atomic E-state index is 12.2. The molecule has 19 heavy (non-hydrogen) atoms. The van der Waals surface area contributed by atoms with Crippen molar-refractivity contribution in [2.45, 2.75) is 58.1 Å². The quantitative estimate of drug-likeness (QED) is 0.728. The number of hydrogen-bond acceptors (Lipinski definition) is 4. The number of carbonyl (C=O) groups is 2. The first-order valence-corrected chi connectivity index (χ1v) is 6.70. The maximum Gasteiger partial charge on any atom is 0.410 e. The number of ketones is 1. The molecule has 1 atom stereocenters. The number of ether oxygens (including phenoxy) is 1. The van der Waals surface area contributed by atoms with Crippen LogP contribution in [0.4, 0.5) is 4.79 Å². The molecule has 0 spiro atoms. The molecular formula is C14H20N2O3. The van der Waals surface area contributed by atoms with E-state index in [2.05, 4.69) is 6.07 Å². The summed E-state index contributed by atoms with van der Waals surface area (Å²) in [6.07, 6.45) is 1.81. The summed E-state index contributed by atoms with van der Waals surface area (Å²) >= 11 is 0. The van der Waals surface area contributed by atoms with E-state index in [0.29, 0.717) is 6.54 Å². The van der Waals surface area contributed by atoms with E-state index in [1.54, 1.807) is 4.90 Å². The summed E-state index contributed by atoms with van der Waals surface area (Å²) in [5, 5.41) is 9.37. The van der Waals surface area contributed by atoms with Crippen molar-refractivity contribution in [2.75, 3.05) is 6.54 Å². The van der Waals surface area contributed by atoms with Crippen molar-refractivity contribution in [3.8, 4) is 6.07 Å². The molecule has 2 rings (SSSR count). The SMILES string of the molecule is CC(C)(C)OC(=O)N1CCCC1C1(C#N)CC(=O)C1. The largest absolute Gasteiger partial charge is 0.444 e. The zero-order chi connectivity index (χ0) is 14.3. The fraction of sp³-hybridized carbons (Fsp3) is 0.786. The zero-order valence-electron chi connectivity index (χ0n) is 11.7. The van der Waals surface area contributed by atoms with Crippen LogP contribution in [0, 0.1) is 16.7 Å². The highest BCUT2D eigenvalue weighted by Gasteiger charge is 2.54. The van der Waals surface area contributed by atoms with E-state index >= 15 is 0 Å². The monoisotopic (exact) mass is 264 g/mol. The fourth-order valence-corrected chi connectivity index (χ4v) is 2.92. The molecular weight excluding hydrogens is 244 g/mol. The van der Waals surface area contributed by atoms with E-state index in [1.807, 2.05) is 20.8 Å². The Morgan fingerprint density at radius 3 is 2.58 bits per heavy atom. The highest BCUT2D eigenvalue weighted by atomic mass is 16.6. The lowest BCUT2D eigenvalue weighted by atomic mass is 9.63. The van der Waals surface area contributed by atoms with Gasteiger partial charge in [-0.15, -0.1) is 0 Å². The van der Waals surface area contributed by atoms with Gasteiger partial charge in [-0.3, -0.25) is 4.79 Å². The molecule has 2 aliphatic rings. The van der Waals surface area contributed by atoms with Gasteiger partial charge in [0.05, 0.1) is 17.5 Å². The Bertz CT molecular complexity index is 437. The molecule has 0 bridgehead atoms.